The molecule has 0 amide bonds. The SMILES string of the molecule is CCN1C(N2CCC(c3noc4cc(F)ccc34)CC2)C2(OCCO2)c2ccccc2S1(=O)=O. The Morgan fingerprint density at radius 2 is 1.85 bits per heavy atom. The van der Waals surface area contributed by atoms with Crippen LogP contribution in [0.2, 0.25) is 0 Å². The Bertz CT molecular complexity index is 1330. The van der Waals surface area contributed by atoms with E-state index in [4.69, 9.17) is 14.0 Å². The van der Waals surface area contributed by atoms with E-state index in [1.54, 1.807) is 24.3 Å². The van der Waals surface area contributed by atoms with Gasteiger partial charge in [-0.1, -0.05) is 30.3 Å². The summed E-state index contributed by atoms with van der Waals surface area (Å²) in [6.07, 6.45) is 0.902. The number of aromatic nitrogens is 1. The van der Waals surface area contributed by atoms with E-state index in [-0.39, 0.29) is 16.6 Å². The minimum absolute atomic E-state index is 0.131. The summed E-state index contributed by atoms with van der Waals surface area (Å²) in [5, 5.41) is 5.06. The van der Waals surface area contributed by atoms with Crippen LogP contribution in [0.1, 0.15) is 36.9 Å². The van der Waals surface area contributed by atoms with Crippen LogP contribution in [-0.4, -0.2) is 61.8 Å². The number of fused-ring (bicyclic) bond motifs is 3. The van der Waals surface area contributed by atoms with E-state index in [9.17, 15) is 12.8 Å². The van der Waals surface area contributed by atoms with Gasteiger partial charge in [0.1, 0.15) is 12.0 Å². The number of nitrogens with zero attached hydrogens (tertiary/aromatic N) is 3. The lowest BCUT2D eigenvalue weighted by Crippen LogP contribution is -2.65. The molecule has 0 bridgehead atoms. The van der Waals surface area contributed by atoms with Crippen molar-refractivity contribution in [2.24, 2.45) is 0 Å². The van der Waals surface area contributed by atoms with Crippen molar-refractivity contribution < 1.29 is 26.8 Å². The summed E-state index contributed by atoms with van der Waals surface area (Å²) in [7, 11) is -3.72. The molecule has 2 saturated heterocycles. The number of piperidine rings is 1. The van der Waals surface area contributed by atoms with Gasteiger partial charge in [0, 0.05) is 42.6 Å². The van der Waals surface area contributed by atoms with Crippen LogP contribution in [0.5, 0.6) is 0 Å². The standard InChI is InChI=1S/C24H26FN3O5S/c1-2-28-23(24(31-13-14-32-24)19-5-3-4-6-21(19)34(28,29)30)27-11-9-16(10-12-27)22-18-8-7-17(25)15-20(18)33-26-22/h3-8,15-16,23H,2,9-14H2,1H3. The van der Waals surface area contributed by atoms with Gasteiger partial charge >= 0.3 is 0 Å². The first-order chi connectivity index (χ1) is 16.5. The third kappa shape index (κ3) is 3.16. The maximum Gasteiger partial charge on any atom is 0.245 e. The number of benzene rings is 2. The Balaban J connectivity index is 1.34. The monoisotopic (exact) mass is 487 g/mol. The summed E-state index contributed by atoms with van der Waals surface area (Å²) in [5.41, 5.74) is 1.83. The Morgan fingerprint density at radius 1 is 1.12 bits per heavy atom. The lowest BCUT2D eigenvalue weighted by atomic mass is 9.90. The van der Waals surface area contributed by atoms with Gasteiger partial charge in [-0.3, -0.25) is 4.90 Å². The highest BCUT2D eigenvalue weighted by atomic mass is 32.2. The van der Waals surface area contributed by atoms with Gasteiger partial charge in [-0.05, 0) is 31.0 Å². The van der Waals surface area contributed by atoms with Gasteiger partial charge in [-0.15, -0.1) is 0 Å². The number of likely N-dealkylation sites (tertiary alicyclic amines) is 1. The summed E-state index contributed by atoms with van der Waals surface area (Å²) in [4.78, 5) is 2.40. The molecule has 2 aromatic carbocycles. The third-order valence-corrected chi connectivity index (χ3v) is 9.20. The molecule has 0 N–H and O–H groups in total. The molecule has 1 aromatic heterocycles. The van der Waals surface area contributed by atoms with Crippen molar-refractivity contribution in [2.45, 2.75) is 42.5 Å². The lowest BCUT2D eigenvalue weighted by molar-refractivity contribution is -0.242. The molecule has 3 aliphatic rings. The number of halogens is 1. The Morgan fingerprint density at radius 3 is 2.59 bits per heavy atom. The largest absolute Gasteiger partial charge is 0.356 e. The average molecular weight is 488 g/mol. The number of ether oxygens (including phenoxy) is 2. The topological polar surface area (TPSA) is 85.1 Å². The molecule has 180 valence electrons. The number of rotatable bonds is 3. The van der Waals surface area contributed by atoms with Crippen molar-refractivity contribution in [3.05, 3.63) is 59.5 Å². The number of likely N-dealkylation sites (N-methyl/N-ethyl adjacent to an activating group) is 1. The summed E-state index contributed by atoms with van der Waals surface area (Å²) in [5.74, 6) is -1.39. The molecule has 1 atom stereocenters. The normalized spacial score (nSPS) is 25.2. The van der Waals surface area contributed by atoms with Crippen molar-refractivity contribution in [1.29, 1.82) is 0 Å². The summed E-state index contributed by atoms with van der Waals surface area (Å²) >= 11 is 0. The number of hydrogen-bond acceptors (Lipinski definition) is 7. The maximum absolute atomic E-state index is 13.6. The van der Waals surface area contributed by atoms with Crippen molar-refractivity contribution >= 4 is 21.0 Å². The van der Waals surface area contributed by atoms with E-state index in [0.717, 1.165) is 23.9 Å². The molecule has 1 spiro atoms. The molecule has 0 aliphatic carbocycles. The van der Waals surface area contributed by atoms with E-state index < -0.39 is 22.0 Å². The number of hydrogen-bond donors (Lipinski definition) is 0. The van der Waals surface area contributed by atoms with Crippen LogP contribution in [0.15, 0.2) is 51.9 Å². The lowest BCUT2D eigenvalue weighted by Gasteiger charge is -2.51. The molecule has 3 aromatic rings. The zero-order valence-electron chi connectivity index (χ0n) is 18.8. The molecule has 4 heterocycles. The van der Waals surface area contributed by atoms with Crippen molar-refractivity contribution in [1.82, 2.24) is 14.4 Å². The molecule has 1 unspecified atom stereocenters. The molecule has 2 fully saturated rings. The van der Waals surface area contributed by atoms with Crippen molar-refractivity contribution in [3.63, 3.8) is 0 Å². The maximum atomic E-state index is 13.6. The van der Waals surface area contributed by atoms with Gasteiger partial charge in [0.15, 0.2) is 5.58 Å². The molecular weight excluding hydrogens is 461 g/mol. The highest BCUT2D eigenvalue weighted by Gasteiger charge is 2.59. The fourth-order valence-electron chi connectivity index (χ4n) is 5.71. The predicted octanol–water partition coefficient (Wildman–Crippen LogP) is 3.40. The molecule has 0 radical (unpaired) electrons. The van der Waals surface area contributed by atoms with Crippen LogP contribution in [0.25, 0.3) is 11.0 Å². The Kier molecular flexibility index (Phi) is 5.27. The second kappa shape index (κ2) is 8.10. The van der Waals surface area contributed by atoms with Crippen LogP contribution < -0.4 is 0 Å². The summed E-state index contributed by atoms with van der Waals surface area (Å²) < 4.78 is 60.1. The predicted molar refractivity (Wildman–Crippen MR) is 121 cm³/mol. The summed E-state index contributed by atoms with van der Waals surface area (Å²) in [6, 6.07) is 11.5. The quantitative estimate of drug-likeness (QED) is 0.560. The van der Waals surface area contributed by atoms with Crippen LogP contribution in [0.3, 0.4) is 0 Å². The van der Waals surface area contributed by atoms with Crippen molar-refractivity contribution in [2.75, 3.05) is 32.8 Å². The van der Waals surface area contributed by atoms with Crippen LogP contribution in [-0.2, 0) is 25.3 Å². The van der Waals surface area contributed by atoms with Gasteiger partial charge in [-0.25, -0.2) is 12.8 Å². The second-order valence-electron chi connectivity index (χ2n) is 8.96. The van der Waals surface area contributed by atoms with Gasteiger partial charge < -0.3 is 14.0 Å². The Labute approximate surface area is 197 Å². The first kappa shape index (κ1) is 22.1. The van der Waals surface area contributed by atoms with Gasteiger partial charge in [0.25, 0.3) is 0 Å². The highest BCUT2D eigenvalue weighted by molar-refractivity contribution is 7.89. The van der Waals surface area contributed by atoms with Crippen LogP contribution >= 0.6 is 0 Å². The first-order valence-electron chi connectivity index (χ1n) is 11.6. The molecule has 10 heteroatoms. The average Bonchev–Trinajstić information content (AvgIpc) is 3.50. The molecule has 3 aliphatic heterocycles. The molecule has 34 heavy (non-hydrogen) atoms. The second-order valence-corrected chi connectivity index (χ2v) is 10.8. The Hall–Kier alpha value is -2.37. The van der Waals surface area contributed by atoms with E-state index in [2.05, 4.69) is 10.1 Å². The first-order valence-corrected chi connectivity index (χ1v) is 13.1. The zero-order chi connectivity index (χ0) is 23.5. The molecule has 6 rings (SSSR count). The van der Waals surface area contributed by atoms with Gasteiger partial charge in [0.2, 0.25) is 15.8 Å². The van der Waals surface area contributed by atoms with E-state index in [1.807, 2.05) is 13.0 Å². The molecule has 8 nitrogen and oxygen atoms in total. The molecular formula is C24H26FN3O5S. The van der Waals surface area contributed by atoms with Gasteiger partial charge in [0.05, 0.1) is 23.8 Å². The smallest absolute Gasteiger partial charge is 0.245 e. The fraction of sp³-hybridized carbons (Fsp3) is 0.458. The summed E-state index contributed by atoms with van der Waals surface area (Å²) in [6.45, 7) is 4.21. The van der Waals surface area contributed by atoms with Gasteiger partial charge in [-0.2, -0.15) is 4.31 Å². The molecule has 0 saturated carbocycles. The van der Waals surface area contributed by atoms with Crippen molar-refractivity contribution in [3.8, 4) is 0 Å². The minimum Gasteiger partial charge on any atom is -0.356 e. The van der Waals surface area contributed by atoms with Crippen LogP contribution in [0.4, 0.5) is 4.39 Å². The highest BCUT2D eigenvalue weighted by Crippen LogP contribution is 2.48. The van der Waals surface area contributed by atoms with E-state index in [0.29, 0.717) is 44.0 Å². The van der Waals surface area contributed by atoms with Crippen LogP contribution in [0, 0.1) is 5.82 Å². The third-order valence-electron chi connectivity index (χ3n) is 7.21. The number of sulfonamides is 1. The van der Waals surface area contributed by atoms with E-state index >= 15 is 0 Å². The van der Waals surface area contributed by atoms with E-state index in [1.165, 1.54) is 16.4 Å². The fourth-order valence-corrected chi connectivity index (χ4v) is 7.57. The zero-order valence-corrected chi connectivity index (χ0v) is 19.6. The minimum atomic E-state index is -3.72.